The van der Waals surface area contributed by atoms with Crippen molar-refractivity contribution < 1.29 is 9.18 Å². The van der Waals surface area contributed by atoms with Crippen molar-refractivity contribution in [3.05, 3.63) is 34.6 Å². The molecule has 1 saturated carbocycles. The van der Waals surface area contributed by atoms with Crippen molar-refractivity contribution >= 4 is 17.5 Å². The summed E-state index contributed by atoms with van der Waals surface area (Å²) in [5.41, 5.74) is 0.969. The molecule has 1 aromatic rings. The molecule has 1 aliphatic heterocycles. The van der Waals surface area contributed by atoms with E-state index in [0.717, 1.165) is 37.4 Å². The summed E-state index contributed by atoms with van der Waals surface area (Å²) >= 11 is 5.80. The molecule has 120 valence electrons. The van der Waals surface area contributed by atoms with Gasteiger partial charge in [-0.3, -0.25) is 4.79 Å². The van der Waals surface area contributed by atoms with Crippen LogP contribution in [0.3, 0.4) is 0 Å². The fraction of sp³-hybridized carbons (Fsp3) is 0.588. The molecule has 1 atom stereocenters. The van der Waals surface area contributed by atoms with E-state index in [2.05, 4.69) is 5.32 Å². The normalized spacial score (nSPS) is 22.7. The van der Waals surface area contributed by atoms with Gasteiger partial charge in [-0.1, -0.05) is 17.7 Å². The Morgan fingerprint density at radius 1 is 1.27 bits per heavy atom. The molecule has 0 radical (unpaired) electrons. The Labute approximate surface area is 135 Å². The molecule has 1 aliphatic carbocycles. The highest BCUT2D eigenvalue weighted by atomic mass is 35.5. The Morgan fingerprint density at radius 3 is 2.82 bits per heavy atom. The first-order valence-electron chi connectivity index (χ1n) is 8.07. The number of rotatable bonds is 5. The second-order valence-electron chi connectivity index (χ2n) is 6.44. The lowest BCUT2D eigenvalue weighted by atomic mass is 10.1. The van der Waals surface area contributed by atoms with Crippen molar-refractivity contribution in [3.63, 3.8) is 0 Å². The van der Waals surface area contributed by atoms with Gasteiger partial charge in [-0.2, -0.15) is 0 Å². The maximum atomic E-state index is 13.1. The Balaban J connectivity index is 1.50. The van der Waals surface area contributed by atoms with Crippen LogP contribution in [0.15, 0.2) is 18.2 Å². The van der Waals surface area contributed by atoms with Crippen LogP contribution < -0.4 is 5.32 Å². The van der Waals surface area contributed by atoms with E-state index in [9.17, 15) is 9.18 Å². The number of hydrogen-bond donors (Lipinski definition) is 1. The van der Waals surface area contributed by atoms with Crippen LogP contribution in [0, 0.1) is 11.7 Å². The van der Waals surface area contributed by atoms with Gasteiger partial charge in [0.2, 0.25) is 5.91 Å². The molecular weight excluding hydrogens is 303 g/mol. The summed E-state index contributed by atoms with van der Waals surface area (Å²) < 4.78 is 13.1. The molecule has 3 rings (SSSR count). The number of carbonyl (C=O) groups excluding carboxylic acids is 1. The molecule has 0 aromatic heterocycles. The van der Waals surface area contributed by atoms with Crippen molar-refractivity contribution in [1.29, 1.82) is 0 Å². The largest absolute Gasteiger partial charge is 0.342 e. The Morgan fingerprint density at radius 2 is 2.09 bits per heavy atom. The van der Waals surface area contributed by atoms with Crippen LogP contribution >= 0.6 is 11.6 Å². The second kappa shape index (κ2) is 6.97. The number of nitrogens with one attached hydrogen (secondary N) is 1. The molecule has 5 heteroatoms. The van der Waals surface area contributed by atoms with E-state index >= 15 is 0 Å². The van der Waals surface area contributed by atoms with Gasteiger partial charge in [-0.05, 0) is 49.3 Å². The smallest absolute Gasteiger partial charge is 0.222 e. The summed E-state index contributed by atoms with van der Waals surface area (Å²) in [6.07, 6.45) is 5.02. The number of amides is 1. The third-order valence-corrected chi connectivity index (χ3v) is 4.85. The van der Waals surface area contributed by atoms with E-state index in [1.54, 1.807) is 12.1 Å². The van der Waals surface area contributed by atoms with Crippen LogP contribution in [0.25, 0.3) is 0 Å². The molecule has 1 unspecified atom stereocenters. The minimum absolute atomic E-state index is 0.158. The van der Waals surface area contributed by atoms with Crippen LogP contribution in [0.5, 0.6) is 0 Å². The number of likely N-dealkylation sites (tertiary alicyclic amines) is 1. The molecule has 0 bridgehead atoms. The van der Waals surface area contributed by atoms with Crippen LogP contribution in [0.2, 0.25) is 5.02 Å². The minimum atomic E-state index is -0.388. The van der Waals surface area contributed by atoms with Gasteiger partial charge < -0.3 is 10.2 Å². The van der Waals surface area contributed by atoms with Crippen LogP contribution in [0.4, 0.5) is 4.39 Å². The molecular formula is C17H22ClFN2O. The first kappa shape index (κ1) is 15.8. The Kier molecular flexibility index (Phi) is 4.99. The number of benzene rings is 1. The average molecular weight is 325 g/mol. The van der Waals surface area contributed by atoms with E-state index in [-0.39, 0.29) is 10.8 Å². The number of carbonyl (C=O) groups is 1. The van der Waals surface area contributed by atoms with Crippen LogP contribution in [-0.4, -0.2) is 29.9 Å². The number of nitrogens with zero attached hydrogens (tertiary/aromatic N) is 1. The predicted molar refractivity (Wildman–Crippen MR) is 85.2 cm³/mol. The summed E-state index contributed by atoms with van der Waals surface area (Å²) in [5.74, 6) is 0.650. The minimum Gasteiger partial charge on any atom is -0.342 e. The summed E-state index contributed by atoms with van der Waals surface area (Å²) in [6.45, 7) is 2.44. The summed E-state index contributed by atoms with van der Waals surface area (Å²) in [7, 11) is 0. The molecule has 1 N–H and O–H groups in total. The summed E-state index contributed by atoms with van der Waals surface area (Å²) in [5, 5.41) is 3.63. The first-order chi connectivity index (χ1) is 10.6. The molecule has 1 aromatic carbocycles. The third-order valence-electron chi connectivity index (χ3n) is 4.56. The maximum Gasteiger partial charge on any atom is 0.222 e. The predicted octanol–water partition coefficient (Wildman–Crippen LogP) is 3.36. The van der Waals surface area contributed by atoms with Gasteiger partial charge in [0.05, 0.1) is 5.02 Å². The van der Waals surface area contributed by atoms with E-state index in [1.807, 2.05) is 4.90 Å². The van der Waals surface area contributed by atoms with E-state index < -0.39 is 0 Å². The van der Waals surface area contributed by atoms with E-state index in [0.29, 0.717) is 24.9 Å². The van der Waals surface area contributed by atoms with Gasteiger partial charge in [0.1, 0.15) is 5.82 Å². The fourth-order valence-electron chi connectivity index (χ4n) is 2.96. The van der Waals surface area contributed by atoms with Crippen molar-refractivity contribution in [3.8, 4) is 0 Å². The topological polar surface area (TPSA) is 32.3 Å². The molecule has 1 amide bonds. The third kappa shape index (κ3) is 4.20. The zero-order valence-corrected chi connectivity index (χ0v) is 13.4. The zero-order chi connectivity index (χ0) is 15.5. The molecule has 2 fully saturated rings. The van der Waals surface area contributed by atoms with Crippen molar-refractivity contribution in [2.45, 2.75) is 44.7 Å². The van der Waals surface area contributed by atoms with Gasteiger partial charge >= 0.3 is 0 Å². The standard InChI is InChI=1S/C17H22ClFN2O/c18-15-9-13(3-5-16(15)19)10-20-14-4-6-17(22)21(8-7-14)11-12-1-2-12/h3,5,9,12,14,20H,1-2,4,6-8,10-11H2. The Bertz CT molecular complexity index is 547. The van der Waals surface area contributed by atoms with Gasteiger partial charge in [-0.25, -0.2) is 4.39 Å². The first-order valence-corrected chi connectivity index (χ1v) is 8.44. The number of halogens is 2. The highest BCUT2D eigenvalue weighted by Gasteiger charge is 2.28. The quantitative estimate of drug-likeness (QED) is 0.900. The molecule has 1 heterocycles. The second-order valence-corrected chi connectivity index (χ2v) is 6.84. The highest BCUT2D eigenvalue weighted by Crippen LogP contribution is 2.30. The highest BCUT2D eigenvalue weighted by molar-refractivity contribution is 6.30. The number of hydrogen-bond acceptors (Lipinski definition) is 2. The van der Waals surface area contributed by atoms with E-state index in [4.69, 9.17) is 11.6 Å². The van der Waals surface area contributed by atoms with Gasteiger partial charge in [0, 0.05) is 32.1 Å². The SMILES string of the molecule is O=C1CCC(NCc2ccc(F)c(Cl)c2)CCN1CC1CC1. The Hall–Kier alpha value is -1.13. The fourth-order valence-corrected chi connectivity index (χ4v) is 3.16. The maximum absolute atomic E-state index is 13.1. The lowest BCUT2D eigenvalue weighted by Crippen LogP contribution is -2.33. The molecule has 0 spiro atoms. The average Bonchev–Trinajstić information content (AvgIpc) is 3.32. The van der Waals surface area contributed by atoms with Crippen LogP contribution in [-0.2, 0) is 11.3 Å². The monoisotopic (exact) mass is 324 g/mol. The van der Waals surface area contributed by atoms with Gasteiger partial charge in [0.15, 0.2) is 0 Å². The molecule has 22 heavy (non-hydrogen) atoms. The molecule has 3 nitrogen and oxygen atoms in total. The lowest BCUT2D eigenvalue weighted by Gasteiger charge is -2.21. The van der Waals surface area contributed by atoms with Crippen LogP contribution in [0.1, 0.15) is 37.7 Å². The zero-order valence-electron chi connectivity index (χ0n) is 12.7. The lowest BCUT2D eigenvalue weighted by molar-refractivity contribution is -0.130. The van der Waals surface area contributed by atoms with Crippen molar-refractivity contribution in [1.82, 2.24) is 10.2 Å². The van der Waals surface area contributed by atoms with Gasteiger partial charge in [0.25, 0.3) is 0 Å². The van der Waals surface area contributed by atoms with Crippen molar-refractivity contribution in [2.75, 3.05) is 13.1 Å². The van der Waals surface area contributed by atoms with Gasteiger partial charge in [-0.15, -0.1) is 0 Å². The summed E-state index contributed by atoms with van der Waals surface area (Å²) in [6, 6.07) is 5.13. The van der Waals surface area contributed by atoms with Crippen molar-refractivity contribution in [2.24, 2.45) is 5.92 Å². The van der Waals surface area contributed by atoms with E-state index in [1.165, 1.54) is 18.9 Å². The summed E-state index contributed by atoms with van der Waals surface area (Å²) in [4.78, 5) is 14.2. The molecule has 2 aliphatic rings. The molecule has 1 saturated heterocycles.